The van der Waals surface area contributed by atoms with Gasteiger partial charge in [-0.1, -0.05) is 31.5 Å². The van der Waals surface area contributed by atoms with Crippen molar-refractivity contribution in [2.75, 3.05) is 5.32 Å². The average Bonchev–Trinajstić information content (AvgIpc) is 2.33. The average molecular weight is 270 g/mol. The number of carboxylic acids is 1. The molecular weight excluding hydrogens is 254 g/mol. The van der Waals surface area contributed by atoms with Gasteiger partial charge in [0.05, 0.1) is 16.3 Å². The minimum atomic E-state index is -1.11. The number of anilines is 1. The molecule has 0 atom stereocenters. The molecule has 0 aliphatic heterocycles. The number of aromatic carboxylic acids is 1. The molecule has 1 aromatic carbocycles. The van der Waals surface area contributed by atoms with Gasteiger partial charge in [-0.25, -0.2) is 4.79 Å². The molecule has 0 aliphatic rings. The van der Waals surface area contributed by atoms with Gasteiger partial charge in [0.25, 0.3) is 0 Å². The molecule has 0 unspecified atom stereocenters. The first kappa shape index (κ1) is 14.5. The zero-order valence-electron chi connectivity index (χ0n) is 10.4. The van der Waals surface area contributed by atoms with Crippen LogP contribution in [0.4, 0.5) is 5.69 Å². The molecule has 98 valence electrons. The van der Waals surface area contributed by atoms with Crippen molar-refractivity contribution in [2.24, 2.45) is 5.92 Å². The first-order valence-corrected chi connectivity index (χ1v) is 6.21. The van der Waals surface area contributed by atoms with Crippen LogP contribution in [-0.2, 0) is 4.79 Å². The molecule has 0 saturated carbocycles. The molecule has 0 radical (unpaired) electrons. The van der Waals surface area contributed by atoms with E-state index in [2.05, 4.69) is 5.32 Å². The van der Waals surface area contributed by atoms with E-state index in [0.717, 1.165) is 0 Å². The summed E-state index contributed by atoms with van der Waals surface area (Å²) in [6.07, 6.45) is 1.41. The molecule has 18 heavy (non-hydrogen) atoms. The lowest BCUT2D eigenvalue weighted by atomic mass is 10.0. The highest BCUT2D eigenvalue weighted by Crippen LogP contribution is 2.27. The van der Waals surface area contributed by atoms with Crippen molar-refractivity contribution in [2.45, 2.75) is 26.7 Å². The van der Waals surface area contributed by atoms with E-state index in [9.17, 15) is 9.59 Å². The predicted molar refractivity (Wildman–Crippen MR) is 71.1 cm³/mol. The highest BCUT2D eigenvalue weighted by Gasteiger charge is 2.19. The van der Waals surface area contributed by atoms with Crippen molar-refractivity contribution in [3.63, 3.8) is 0 Å². The topological polar surface area (TPSA) is 66.4 Å². The number of nitrogens with one attached hydrogen (secondary N) is 1. The van der Waals surface area contributed by atoms with E-state index in [1.807, 2.05) is 13.8 Å². The summed E-state index contributed by atoms with van der Waals surface area (Å²) in [5, 5.41) is 11.9. The molecule has 0 fully saturated rings. The number of amides is 1. The van der Waals surface area contributed by atoms with Crippen molar-refractivity contribution >= 4 is 29.2 Å². The fourth-order valence-electron chi connectivity index (χ4n) is 1.71. The molecule has 1 aromatic rings. The van der Waals surface area contributed by atoms with Gasteiger partial charge in [-0.3, -0.25) is 4.79 Å². The molecular formula is C13H16ClNO3. The Morgan fingerprint density at radius 3 is 2.44 bits per heavy atom. The Morgan fingerprint density at radius 1 is 1.33 bits per heavy atom. The quantitative estimate of drug-likeness (QED) is 0.861. The van der Waals surface area contributed by atoms with Crippen molar-refractivity contribution in [1.82, 2.24) is 0 Å². The van der Waals surface area contributed by atoms with Gasteiger partial charge in [-0.15, -0.1) is 0 Å². The fourth-order valence-corrected chi connectivity index (χ4v) is 1.94. The highest BCUT2D eigenvalue weighted by molar-refractivity contribution is 6.34. The van der Waals surface area contributed by atoms with Crippen molar-refractivity contribution in [3.8, 4) is 0 Å². The molecule has 0 bridgehead atoms. The lowest BCUT2D eigenvalue weighted by molar-refractivity contribution is -0.120. The third-order valence-corrected chi connectivity index (χ3v) is 3.16. The lowest BCUT2D eigenvalue weighted by Gasteiger charge is -2.15. The maximum absolute atomic E-state index is 11.9. The predicted octanol–water partition coefficient (Wildman–Crippen LogP) is 3.41. The fraction of sp³-hybridized carbons (Fsp3) is 0.385. The van der Waals surface area contributed by atoms with Crippen LogP contribution in [0.2, 0.25) is 5.02 Å². The van der Waals surface area contributed by atoms with Crippen LogP contribution in [0.3, 0.4) is 0 Å². The van der Waals surface area contributed by atoms with Gasteiger partial charge >= 0.3 is 5.97 Å². The number of halogens is 1. The highest BCUT2D eigenvalue weighted by atomic mass is 35.5. The first-order valence-electron chi connectivity index (χ1n) is 5.83. The van der Waals surface area contributed by atoms with E-state index in [1.165, 1.54) is 6.07 Å². The molecule has 4 nitrogen and oxygen atoms in total. The van der Waals surface area contributed by atoms with Crippen LogP contribution in [0.5, 0.6) is 0 Å². The van der Waals surface area contributed by atoms with E-state index in [0.29, 0.717) is 12.8 Å². The second kappa shape index (κ2) is 6.40. The van der Waals surface area contributed by atoms with E-state index in [-0.39, 0.29) is 28.1 Å². The van der Waals surface area contributed by atoms with Crippen molar-refractivity contribution < 1.29 is 14.7 Å². The summed E-state index contributed by atoms with van der Waals surface area (Å²) >= 11 is 5.93. The Hall–Kier alpha value is -1.55. The zero-order valence-corrected chi connectivity index (χ0v) is 11.1. The second-order valence-corrected chi connectivity index (χ2v) is 4.38. The summed E-state index contributed by atoms with van der Waals surface area (Å²) in [6.45, 7) is 3.83. The Morgan fingerprint density at radius 2 is 1.94 bits per heavy atom. The normalized spacial score (nSPS) is 10.4. The summed E-state index contributed by atoms with van der Waals surface area (Å²) < 4.78 is 0. The third kappa shape index (κ3) is 3.23. The van der Waals surface area contributed by atoms with Crippen molar-refractivity contribution in [3.05, 3.63) is 28.8 Å². The number of carbonyl (C=O) groups is 2. The second-order valence-electron chi connectivity index (χ2n) is 3.97. The van der Waals surface area contributed by atoms with E-state index in [4.69, 9.17) is 16.7 Å². The Kier molecular flexibility index (Phi) is 5.16. The van der Waals surface area contributed by atoms with Crippen LogP contribution < -0.4 is 5.32 Å². The van der Waals surface area contributed by atoms with Gasteiger partial charge in [0.15, 0.2) is 0 Å². The third-order valence-electron chi connectivity index (χ3n) is 2.85. The Labute approximate surface area is 111 Å². The van der Waals surface area contributed by atoms with Crippen LogP contribution in [0.25, 0.3) is 0 Å². The number of carboxylic acid groups (broad SMARTS) is 1. The summed E-state index contributed by atoms with van der Waals surface area (Å²) in [5.74, 6) is -1.45. The minimum Gasteiger partial charge on any atom is -0.478 e. The molecule has 0 spiro atoms. The lowest BCUT2D eigenvalue weighted by Crippen LogP contribution is -2.23. The molecule has 2 N–H and O–H groups in total. The largest absolute Gasteiger partial charge is 0.478 e. The van der Waals surface area contributed by atoms with E-state index >= 15 is 0 Å². The molecule has 1 amide bonds. The summed E-state index contributed by atoms with van der Waals surface area (Å²) in [7, 11) is 0. The SMILES string of the molecule is CCC(CC)C(=O)Nc1c(Cl)cccc1C(=O)O. The van der Waals surface area contributed by atoms with Crippen LogP contribution in [0, 0.1) is 5.92 Å². The number of hydrogen-bond donors (Lipinski definition) is 2. The van der Waals surface area contributed by atoms with Gasteiger partial charge in [-0.2, -0.15) is 0 Å². The van der Waals surface area contributed by atoms with Crippen LogP contribution in [0.1, 0.15) is 37.0 Å². The molecule has 1 rings (SSSR count). The van der Waals surface area contributed by atoms with Gasteiger partial charge < -0.3 is 10.4 Å². The first-order chi connectivity index (χ1) is 8.51. The minimum absolute atomic E-state index is 0.00167. The van der Waals surface area contributed by atoms with Gasteiger partial charge in [0.1, 0.15) is 0 Å². The molecule has 0 aliphatic carbocycles. The standard InChI is InChI=1S/C13H16ClNO3/c1-3-8(4-2)12(16)15-11-9(13(17)18)6-5-7-10(11)14/h5-8H,3-4H2,1-2H3,(H,15,16)(H,17,18). The van der Waals surface area contributed by atoms with Gasteiger partial charge in [0.2, 0.25) is 5.91 Å². The van der Waals surface area contributed by atoms with Crippen LogP contribution in [-0.4, -0.2) is 17.0 Å². The van der Waals surface area contributed by atoms with Gasteiger partial charge in [-0.05, 0) is 25.0 Å². The maximum atomic E-state index is 11.9. The van der Waals surface area contributed by atoms with E-state index in [1.54, 1.807) is 12.1 Å². The monoisotopic (exact) mass is 269 g/mol. The van der Waals surface area contributed by atoms with Crippen molar-refractivity contribution in [1.29, 1.82) is 0 Å². The molecule has 0 saturated heterocycles. The Balaban J connectivity index is 3.03. The molecule has 0 heterocycles. The Bertz CT molecular complexity index is 456. The van der Waals surface area contributed by atoms with E-state index < -0.39 is 5.97 Å². The number of para-hydroxylation sites is 1. The van der Waals surface area contributed by atoms with Crippen LogP contribution in [0.15, 0.2) is 18.2 Å². The number of rotatable bonds is 5. The summed E-state index contributed by atoms with van der Waals surface area (Å²) in [5.41, 5.74) is 0.172. The molecule has 5 heteroatoms. The number of hydrogen-bond acceptors (Lipinski definition) is 2. The smallest absolute Gasteiger partial charge is 0.337 e. The maximum Gasteiger partial charge on any atom is 0.337 e. The molecule has 0 aromatic heterocycles. The zero-order chi connectivity index (χ0) is 13.7. The summed E-state index contributed by atoms with van der Waals surface area (Å²) in [4.78, 5) is 23.0. The number of carbonyl (C=O) groups excluding carboxylic acids is 1. The number of benzene rings is 1. The summed E-state index contributed by atoms with van der Waals surface area (Å²) in [6, 6.07) is 4.51. The van der Waals surface area contributed by atoms with Crippen LogP contribution >= 0.6 is 11.6 Å². The van der Waals surface area contributed by atoms with Gasteiger partial charge in [0, 0.05) is 5.92 Å².